The van der Waals surface area contributed by atoms with Gasteiger partial charge < -0.3 is 4.98 Å². The fourth-order valence-electron chi connectivity index (χ4n) is 2.03. The van der Waals surface area contributed by atoms with Gasteiger partial charge in [0.15, 0.2) is 16.2 Å². The normalized spacial score (nSPS) is 11.2. The highest BCUT2D eigenvalue weighted by molar-refractivity contribution is 7.71. The zero-order chi connectivity index (χ0) is 14.4. The Labute approximate surface area is 122 Å². The Morgan fingerprint density at radius 2 is 2.05 bits per heavy atom. The van der Waals surface area contributed by atoms with Crippen molar-refractivity contribution in [3.8, 4) is 5.69 Å². The smallest absolute Gasteiger partial charge is 0.184 e. The van der Waals surface area contributed by atoms with E-state index in [-0.39, 0.29) is 15.5 Å². The summed E-state index contributed by atoms with van der Waals surface area (Å²) in [7, 11) is 0. The molecule has 0 spiro atoms. The molecule has 20 heavy (non-hydrogen) atoms. The zero-order valence-electron chi connectivity index (χ0n) is 10.2. The van der Waals surface area contributed by atoms with Crippen LogP contribution in [0.3, 0.4) is 0 Å². The standard InChI is InChI=1S/C13H8ClF2N3S/c1-6-2-3-10-12(17-6)19(13(20)18-10)11-8(14)4-7(15)5-9(11)16/h2-5H,1H3,(H,18,20). The summed E-state index contributed by atoms with van der Waals surface area (Å²) < 4.78 is 28.8. The van der Waals surface area contributed by atoms with Crippen molar-refractivity contribution in [1.29, 1.82) is 0 Å². The van der Waals surface area contributed by atoms with Crippen molar-refractivity contribution >= 4 is 35.0 Å². The minimum Gasteiger partial charge on any atom is -0.329 e. The average molecular weight is 312 g/mol. The molecule has 3 aromatic rings. The molecule has 0 atom stereocenters. The maximum Gasteiger partial charge on any atom is 0.184 e. The van der Waals surface area contributed by atoms with E-state index in [1.165, 1.54) is 4.57 Å². The SMILES string of the molecule is Cc1ccc2[nH]c(=S)n(-c3c(F)cc(F)cc3Cl)c2n1. The van der Waals surface area contributed by atoms with E-state index in [2.05, 4.69) is 9.97 Å². The van der Waals surface area contributed by atoms with E-state index in [1.54, 1.807) is 12.1 Å². The second-order valence-corrected chi connectivity index (χ2v) is 5.10. The first-order valence-electron chi connectivity index (χ1n) is 5.70. The number of halogens is 3. The summed E-state index contributed by atoms with van der Waals surface area (Å²) in [6, 6.07) is 5.40. The van der Waals surface area contributed by atoms with E-state index in [0.717, 1.165) is 17.8 Å². The van der Waals surface area contributed by atoms with Gasteiger partial charge in [-0.3, -0.25) is 4.57 Å². The Hall–Kier alpha value is -1.79. The molecule has 0 saturated heterocycles. The number of aryl methyl sites for hydroxylation is 1. The van der Waals surface area contributed by atoms with Gasteiger partial charge in [-0.25, -0.2) is 13.8 Å². The van der Waals surface area contributed by atoms with Crippen LogP contribution in [0.5, 0.6) is 0 Å². The van der Waals surface area contributed by atoms with E-state index in [9.17, 15) is 8.78 Å². The topological polar surface area (TPSA) is 33.6 Å². The summed E-state index contributed by atoms with van der Waals surface area (Å²) in [4.78, 5) is 7.24. The molecule has 102 valence electrons. The van der Waals surface area contributed by atoms with Gasteiger partial charge in [0.2, 0.25) is 0 Å². The molecule has 0 aliphatic heterocycles. The van der Waals surface area contributed by atoms with Gasteiger partial charge >= 0.3 is 0 Å². The molecule has 1 N–H and O–H groups in total. The van der Waals surface area contributed by atoms with Gasteiger partial charge in [-0.05, 0) is 37.3 Å². The third-order valence-electron chi connectivity index (χ3n) is 2.88. The van der Waals surface area contributed by atoms with Crippen LogP contribution in [0.25, 0.3) is 16.9 Å². The van der Waals surface area contributed by atoms with E-state index in [0.29, 0.717) is 11.2 Å². The lowest BCUT2D eigenvalue weighted by molar-refractivity contribution is 0.578. The van der Waals surface area contributed by atoms with Crippen LogP contribution in [-0.4, -0.2) is 14.5 Å². The highest BCUT2D eigenvalue weighted by atomic mass is 35.5. The molecule has 0 radical (unpaired) electrons. The fourth-order valence-corrected chi connectivity index (χ4v) is 2.60. The van der Waals surface area contributed by atoms with Crippen molar-refractivity contribution in [3.63, 3.8) is 0 Å². The highest BCUT2D eigenvalue weighted by Crippen LogP contribution is 2.28. The van der Waals surface area contributed by atoms with Gasteiger partial charge in [-0.1, -0.05) is 11.6 Å². The molecule has 0 bridgehead atoms. The first-order valence-corrected chi connectivity index (χ1v) is 6.49. The Kier molecular flexibility index (Phi) is 3.07. The number of imidazole rings is 1. The number of hydrogen-bond donors (Lipinski definition) is 1. The van der Waals surface area contributed by atoms with E-state index >= 15 is 0 Å². The Balaban J connectivity index is 2.44. The van der Waals surface area contributed by atoms with Crippen molar-refractivity contribution in [3.05, 3.63) is 51.4 Å². The molecule has 0 fully saturated rings. The second-order valence-electron chi connectivity index (χ2n) is 4.31. The molecule has 3 rings (SSSR count). The zero-order valence-corrected chi connectivity index (χ0v) is 11.8. The molecule has 2 heterocycles. The van der Waals surface area contributed by atoms with Crippen LogP contribution in [-0.2, 0) is 0 Å². The molecule has 0 amide bonds. The summed E-state index contributed by atoms with van der Waals surface area (Å²) in [5.74, 6) is -1.54. The predicted molar refractivity (Wildman–Crippen MR) is 75.9 cm³/mol. The number of pyridine rings is 1. The summed E-state index contributed by atoms with van der Waals surface area (Å²) in [6.45, 7) is 1.81. The van der Waals surface area contributed by atoms with Crippen LogP contribution >= 0.6 is 23.8 Å². The highest BCUT2D eigenvalue weighted by Gasteiger charge is 2.16. The summed E-state index contributed by atoms with van der Waals surface area (Å²) in [5.41, 5.74) is 1.84. The van der Waals surface area contributed by atoms with Crippen LogP contribution in [0, 0.1) is 23.3 Å². The molecular formula is C13H8ClF2N3S. The number of hydrogen-bond acceptors (Lipinski definition) is 2. The van der Waals surface area contributed by atoms with Gasteiger partial charge in [0.05, 0.1) is 10.5 Å². The van der Waals surface area contributed by atoms with Crippen molar-refractivity contribution in [2.45, 2.75) is 6.92 Å². The third-order valence-corrected chi connectivity index (χ3v) is 3.45. The van der Waals surface area contributed by atoms with Gasteiger partial charge in [-0.15, -0.1) is 0 Å². The van der Waals surface area contributed by atoms with Crippen molar-refractivity contribution in [2.24, 2.45) is 0 Å². The summed E-state index contributed by atoms with van der Waals surface area (Å²) in [6.07, 6.45) is 0. The quantitative estimate of drug-likeness (QED) is 0.679. The number of aromatic amines is 1. The molecule has 0 aliphatic rings. The number of H-pyrrole nitrogens is 1. The van der Waals surface area contributed by atoms with Crippen molar-refractivity contribution in [1.82, 2.24) is 14.5 Å². The number of benzene rings is 1. The van der Waals surface area contributed by atoms with Crippen molar-refractivity contribution in [2.75, 3.05) is 0 Å². The number of rotatable bonds is 1. The molecule has 3 nitrogen and oxygen atoms in total. The Morgan fingerprint density at radius 3 is 2.75 bits per heavy atom. The lowest BCUT2D eigenvalue weighted by Gasteiger charge is -2.08. The van der Waals surface area contributed by atoms with E-state index in [4.69, 9.17) is 23.8 Å². The molecule has 0 unspecified atom stereocenters. The van der Waals surface area contributed by atoms with Crippen LogP contribution in [0.2, 0.25) is 5.02 Å². The molecule has 2 aromatic heterocycles. The van der Waals surface area contributed by atoms with Gasteiger partial charge in [0.25, 0.3) is 0 Å². The van der Waals surface area contributed by atoms with Crippen LogP contribution < -0.4 is 0 Å². The lowest BCUT2D eigenvalue weighted by atomic mass is 10.3. The minimum atomic E-state index is -0.796. The first-order chi connectivity index (χ1) is 9.47. The number of aromatic nitrogens is 3. The molecule has 0 aliphatic carbocycles. The van der Waals surface area contributed by atoms with Crippen LogP contribution in [0.15, 0.2) is 24.3 Å². The second kappa shape index (κ2) is 4.64. The van der Waals surface area contributed by atoms with Crippen LogP contribution in [0.4, 0.5) is 8.78 Å². The lowest BCUT2D eigenvalue weighted by Crippen LogP contribution is -2.01. The number of nitrogens with zero attached hydrogens (tertiary/aromatic N) is 2. The predicted octanol–water partition coefficient (Wildman–Crippen LogP) is 4.32. The maximum atomic E-state index is 14.0. The largest absolute Gasteiger partial charge is 0.329 e. The van der Waals surface area contributed by atoms with Crippen molar-refractivity contribution < 1.29 is 8.78 Å². The van der Waals surface area contributed by atoms with Gasteiger partial charge in [0, 0.05) is 11.8 Å². The minimum absolute atomic E-state index is 0.0117. The monoisotopic (exact) mass is 311 g/mol. The van der Waals surface area contributed by atoms with Gasteiger partial charge in [-0.2, -0.15) is 0 Å². The van der Waals surface area contributed by atoms with Gasteiger partial charge in [0.1, 0.15) is 11.5 Å². The molecule has 0 saturated carbocycles. The number of fused-ring (bicyclic) bond motifs is 1. The summed E-state index contributed by atoms with van der Waals surface area (Å²) >= 11 is 11.1. The molecule has 1 aromatic carbocycles. The van der Waals surface area contributed by atoms with Crippen LogP contribution in [0.1, 0.15) is 5.69 Å². The summed E-state index contributed by atoms with van der Waals surface area (Å²) in [5, 5.41) is -0.0668. The first kappa shape index (κ1) is 13.2. The fraction of sp³-hybridized carbons (Fsp3) is 0.0769. The molecule has 7 heteroatoms. The maximum absolute atomic E-state index is 14.0. The Bertz CT molecular complexity index is 862. The Morgan fingerprint density at radius 1 is 1.30 bits per heavy atom. The van der Waals surface area contributed by atoms with E-state index in [1.807, 2.05) is 6.92 Å². The number of nitrogens with one attached hydrogen (secondary N) is 1. The average Bonchev–Trinajstić information content (AvgIpc) is 2.65. The third kappa shape index (κ3) is 2.01. The molecular weight excluding hydrogens is 304 g/mol. The van der Waals surface area contributed by atoms with E-state index < -0.39 is 11.6 Å².